The Morgan fingerprint density at radius 2 is 1.18 bits per heavy atom. The summed E-state index contributed by atoms with van der Waals surface area (Å²) in [5.74, 6) is 1.65. The van der Waals surface area contributed by atoms with E-state index in [9.17, 15) is 26.7 Å². The maximum Gasteiger partial charge on any atom is 0.418 e. The summed E-state index contributed by atoms with van der Waals surface area (Å²) < 4.78 is 70.2. The number of piperidine rings is 2. The lowest BCUT2D eigenvalue weighted by Crippen LogP contribution is -2.49. The fourth-order valence-corrected chi connectivity index (χ4v) is 11.6. The molecule has 13 heterocycles. The maximum atomic E-state index is 14.5. The molecular weight excluding hydrogens is 1060 g/mol. The van der Waals surface area contributed by atoms with E-state index in [2.05, 4.69) is 102 Å². The highest BCUT2D eigenvalue weighted by atomic mass is 19.4. The van der Waals surface area contributed by atoms with E-state index >= 15 is 0 Å². The Hall–Kier alpha value is -8.25. The number of rotatable bonds is 9. The Morgan fingerprint density at radius 1 is 0.683 bits per heavy atom. The van der Waals surface area contributed by atoms with Gasteiger partial charge in [-0.3, -0.25) is 20.1 Å². The van der Waals surface area contributed by atoms with Crippen LogP contribution in [0, 0.1) is 28.4 Å². The number of aromatic nitrogens is 12. The lowest BCUT2D eigenvalue weighted by atomic mass is 9.80. The van der Waals surface area contributed by atoms with E-state index in [-0.39, 0.29) is 52.7 Å². The second kappa shape index (κ2) is 22.6. The monoisotopic (exact) mass is 1130 g/mol. The molecule has 82 heavy (non-hydrogen) atoms. The fourth-order valence-electron chi connectivity index (χ4n) is 11.6. The van der Waals surface area contributed by atoms with Gasteiger partial charge in [0.1, 0.15) is 34.5 Å². The Kier molecular flexibility index (Phi) is 15.3. The number of aromatic amines is 3. The van der Waals surface area contributed by atoms with E-state index in [4.69, 9.17) is 5.73 Å². The highest BCUT2D eigenvalue weighted by molar-refractivity contribution is 5.92. The molecule has 2 unspecified atom stereocenters. The van der Waals surface area contributed by atoms with Crippen LogP contribution in [0.4, 0.5) is 39.4 Å². The average Bonchev–Trinajstić information content (AvgIpc) is 3.34. The van der Waals surface area contributed by atoms with Gasteiger partial charge in [0.25, 0.3) is 0 Å². The molecule has 9 aromatic rings. The third-order valence-corrected chi connectivity index (χ3v) is 16.5. The van der Waals surface area contributed by atoms with Crippen molar-refractivity contribution in [2.24, 2.45) is 22.5 Å². The molecule has 0 aromatic carbocycles. The van der Waals surface area contributed by atoms with Crippen LogP contribution in [0.25, 0.3) is 67.3 Å². The van der Waals surface area contributed by atoms with Crippen molar-refractivity contribution < 1.29 is 33.9 Å². The number of amides is 1. The van der Waals surface area contributed by atoms with Gasteiger partial charge in [0.2, 0.25) is 5.91 Å². The van der Waals surface area contributed by atoms with E-state index in [1.807, 2.05) is 29.2 Å². The maximum absolute atomic E-state index is 14.5. The SMILES string of the molecule is CC(=O)NCC1(C)CCN(c2ccc(C(F)(F)F)c(-c3[nH]nc4ncccc34)n2)CC1.CC(C)(N)C1CCCN(c2ccc(F)c(-c3[nH]nc4ncccc34)n2)C1.Fc1ccc(N2CCC3(CCNC3)C2)nc1-c1[nH]nc2ncccc12.[HH].[HH].[HH].[HH].[HH]. The van der Waals surface area contributed by atoms with Crippen LogP contribution in [0.3, 0.4) is 0 Å². The molecule has 2 atom stereocenters. The Labute approximate surface area is 477 Å². The van der Waals surface area contributed by atoms with Crippen molar-refractivity contribution in [3.05, 3.63) is 109 Å². The van der Waals surface area contributed by atoms with E-state index < -0.39 is 11.7 Å². The van der Waals surface area contributed by atoms with E-state index in [1.165, 1.54) is 37.7 Å². The number of hydrogen-bond acceptors (Lipinski definition) is 15. The summed E-state index contributed by atoms with van der Waals surface area (Å²) in [4.78, 5) is 43.8. The minimum Gasteiger partial charge on any atom is -0.357 e. The second-order valence-electron chi connectivity index (χ2n) is 22.9. The predicted octanol–water partition coefficient (Wildman–Crippen LogP) is 10.5. The van der Waals surface area contributed by atoms with E-state index in [0.29, 0.717) is 76.2 Å². The Bertz CT molecular complexity index is 3750. The quantitative estimate of drug-likeness (QED) is 0.0737. The molecule has 4 fully saturated rings. The first-order valence-electron chi connectivity index (χ1n) is 27.6. The topological polar surface area (TPSA) is 240 Å². The number of alkyl halides is 3. The molecule has 13 rings (SSSR count). The molecule has 7 N–H and O–H groups in total. The third kappa shape index (κ3) is 11.8. The molecule has 0 radical (unpaired) electrons. The zero-order valence-corrected chi connectivity index (χ0v) is 46.1. The van der Waals surface area contributed by atoms with E-state index in [0.717, 1.165) is 99.8 Å². The molecule has 19 nitrogen and oxygen atoms in total. The normalized spacial score (nSPS) is 19.1. The number of halogens is 5. The highest BCUT2D eigenvalue weighted by Crippen LogP contribution is 2.41. The number of hydrogen-bond donors (Lipinski definition) is 6. The van der Waals surface area contributed by atoms with Gasteiger partial charge in [-0.05, 0) is 143 Å². The minimum atomic E-state index is -4.56. The van der Waals surface area contributed by atoms with Crippen molar-refractivity contribution >= 4 is 56.5 Å². The number of carbonyl (C=O) groups is 1. The molecule has 438 valence electrons. The predicted molar refractivity (Wildman–Crippen MR) is 315 cm³/mol. The highest BCUT2D eigenvalue weighted by Gasteiger charge is 2.41. The van der Waals surface area contributed by atoms with Crippen LogP contribution < -0.4 is 31.1 Å². The second-order valence-corrected chi connectivity index (χ2v) is 22.9. The third-order valence-electron chi connectivity index (χ3n) is 16.5. The van der Waals surface area contributed by atoms with Gasteiger partial charge in [-0.15, -0.1) is 0 Å². The smallest absolute Gasteiger partial charge is 0.357 e. The Balaban J connectivity index is 0.000000204. The summed E-state index contributed by atoms with van der Waals surface area (Å²) in [6.45, 7) is 15.4. The van der Waals surface area contributed by atoms with Crippen molar-refractivity contribution in [1.82, 2.24) is 71.1 Å². The van der Waals surface area contributed by atoms with Crippen LogP contribution in [0.5, 0.6) is 0 Å². The summed E-state index contributed by atoms with van der Waals surface area (Å²) in [6.07, 6.45) is 6.42. The van der Waals surface area contributed by atoms with Gasteiger partial charge in [0.05, 0.1) is 22.6 Å². The largest absolute Gasteiger partial charge is 0.418 e. The molecule has 4 saturated heterocycles. The number of fused-ring (bicyclic) bond motifs is 3. The number of nitrogens with two attached hydrogens (primary N) is 1. The van der Waals surface area contributed by atoms with Gasteiger partial charge in [-0.1, -0.05) is 6.92 Å². The lowest BCUT2D eigenvalue weighted by molar-refractivity contribution is -0.137. The molecule has 4 aliphatic heterocycles. The van der Waals surface area contributed by atoms with Crippen LogP contribution in [0.2, 0.25) is 0 Å². The summed E-state index contributed by atoms with van der Waals surface area (Å²) in [7, 11) is 0. The van der Waals surface area contributed by atoms with Gasteiger partial charge in [0, 0.05) is 112 Å². The number of nitrogens with zero attached hydrogens (tertiary/aromatic N) is 12. The minimum absolute atomic E-state index is 0. The van der Waals surface area contributed by atoms with Gasteiger partial charge < -0.3 is 31.1 Å². The first-order chi connectivity index (χ1) is 39.3. The zero-order valence-electron chi connectivity index (χ0n) is 46.1. The number of H-pyrrole nitrogens is 3. The molecule has 9 aromatic heterocycles. The summed E-state index contributed by atoms with van der Waals surface area (Å²) >= 11 is 0. The van der Waals surface area contributed by atoms with Crippen molar-refractivity contribution in [3.63, 3.8) is 0 Å². The molecule has 1 spiro atoms. The summed E-state index contributed by atoms with van der Waals surface area (Å²) in [6, 6.07) is 19.7. The average molecular weight is 1140 g/mol. The first kappa shape index (κ1) is 55.6. The van der Waals surface area contributed by atoms with Crippen molar-refractivity contribution in [3.8, 4) is 34.2 Å². The zero-order chi connectivity index (χ0) is 57.4. The molecule has 1 amide bonds. The molecule has 24 heteroatoms. The van der Waals surface area contributed by atoms with Crippen LogP contribution in [0.15, 0.2) is 91.4 Å². The first-order valence-corrected chi connectivity index (χ1v) is 27.6. The van der Waals surface area contributed by atoms with Gasteiger partial charge in [0.15, 0.2) is 28.6 Å². The van der Waals surface area contributed by atoms with E-state index in [1.54, 1.807) is 36.7 Å². The van der Waals surface area contributed by atoms with Crippen LogP contribution in [0.1, 0.15) is 78.9 Å². The van der Waals surface area contributed by atoms with Crippen LogP contribution >= 0.6 is 0 Å². The number of nitrogens with one attached hydrogen (secondary N) is 5. The van der Waals surface area contributed by atoms with Gasteiger partial charge >= 0.3 is 6.18 Å². The summed E-state index contributed by atoms with van der Waals surface area (Å²) in [5, 5.41) is 29.1. The molecule has 0 bridgehead atoms. The van der Waals surface area contributed by atoms with Crippen molar-refractivity contribution in [2.75, 3.05) is 73.6 Å². The van der Waals surface area contributed by atoms with Crippen molar-refractivity contribution in [2.45, 2.75) is 77.9 Å². The number of carbonyl (C=O) groups excluding carboxylic acids is 1. The molecule has 4 aliphatic rings. The molecule has 0 aliphatic carbocycles. The van der Waals surface area contributed by atoms with Crippen LogP contribution in [-0.2, 0) is 11.0 Å². The summed E-state index contributed by atoms with van der Waals surface area (Å²) in [5.41, 5.74) is 8.73. The lowest BCUT2D eigenvalue weighted by Gasteiger charge is -2.40. The number of anilines is 3. The number of pyridine rings is 6. The standard InChI is InChI=1S/C21H23F3N6O.C19H23FN6.C18H19FN6.5H2/c1-13(31)26-12-20(2)7-10-30(11-8-20)16-6-5-15(21(22,23)24)18(27-16)17-14-4-3-9-25-19(14)29-28-17;1-19(2,21)12-5-4-10-26(11-12)15-8-7-14(20)17(23-15)16-13-6-3-9-22-18(13)25-24-16;19-13-3-4-14(25-9-6-18(11-25)5-8-20-10-18)22-16(13)15-12-2-1-7-21-17(12)24-23-15;;;;;/h3-6,9H,7-8,10-12H2,1-2H3,(H,26,31)(H,25,28,29);3,6-9,12H,4-5,10-11,21H2,1-2H3,(H,22,24,25);1-4,7,20H,5-6,8-11H2,(H,21,23,24);5*1H. The fraction of sp³-hybridized carbons (Fsp3) is 0.414. The van der Waals surface area contributed by atoms with Crippen molar-refractivity contribution in [1.29, 1.82) is 0 Å². The van der Waals surface area contributed by atoms with Gasteiger partial charge in [-0.25, -0.2) is 38.7 Å². The molecule has 0 saturated carbocycles. The Morgan fingerprint density at radius 3 is 1.70 bits per heavy atom. The molecular formula is C58H75F5N18O. The van der Waals surface area contributed by atoms with Gasteiger partial charge in [-0.2, -0.15) is 28.5 Å². The van der Waals surface area contributed by atoms with Crippen LogP contribution in [-0.4, -0.2) is 131 Å².